The van der Waals surface area contributed by atoms with Crippen LogP contribution in [-0.2, 0) is 29.4 Å². The van der Waals surface area contributed by atoms with Crippen LogP contribution in [0.25, 0.3) is 5.69 Å². The van der Waals surface area contributed by atoms with Crippen LogP contribution in [-0.4, -0.2) is 31.2 Å². The minimum absolute atomic E-state index is 0.168. The van der Waals surface area contributed by atoms with Crippen LogP contribution in [0, 0.1) is 0 Å². The van der Waals surface area contributed by atoms with E-state index in [1.165, 1.54) is 13.1 Å². The van der Waals surface area contributed by atoms with E-state index >= 15 is 0 Å². The van der Waals surface area contributed by atoms with Crippen molar-refractivity contribution >= 4 is 15.9 Å². The molecule has 0 bridgehead atoms. The number of nitrogens with one attached hydrogen (secondary N) is 2. The Balaban J connectivity index is 1.55. The minimum Gasteiger partial charge on any atom is -0.347 e. The van der Waals surface area contributed by atoms with Gasteiger partial charge in [0.05, 0.1) is 10.6 Å². The highest BCUT2D eigenvalue weighted by molar-refractivity contribution is 7.89. The quantitative estimate of drug-likeness (QED) is 0.652. The molecule has 7 nitrogen and oxygen atoms in total. The van der Waals surface area contributed by atoms with Gasteiger partial charge in [0, 0.05) is 17.8 Å². The van der Waals surface area contributed by atoms with Gasteiger partial charge in [-0.3, -0.25) is 4.79 Å². The van der Waals surface area contributed by atoms with E-state index in [-0.39, 0.29) is 17.3 Å². The second kappa shape index (κ2) is 7.81. The maximum absolute atomic E-state index is 12.8. The van der Waals surface area contributed by atoms with Crippen molar-refractivity contribution in [2.75, 3.05) is 7.05 Å². The first-order chi connectivity index (χ1) is 14.0. The average molecular weight is 410 g/mol. The molecule has 0 radical (unpaired) electrons. The first-order valence-corrected chi connectivity index (χ1v) is 10.9. The van der Waals surface area contributed by atoms with Crippen molar-refractivity contribution in [3.05, 3.63) is 77.1 Å². The number of sulfonamides is 1. The zero-order valence-electron chi connectivity index (χ0n) is 16.1. The fourth-order valence-electron chi connectivity index (χ4n) is 3.61. The molecule has 29 heavy (non-hydrogen) atoms. The normalized spacial score (nSPS) is 13.3. The fraction of sp³-hybridized carbons (Fsp3) is 0.238. The van der Waals surface area contributed by atoms with Gasteiger partial charge >= 0.3 is 0 Å². The van der Waals surface area contributed by atoms with Crippen LogP contribution in [0.1, 0.15) is 33.7 Å². The lowest BCUT2D eigenvalue weighted by Crippen LogP contribution is -2.25. The summed E-state index contributed by atoms with van der Waals surface area (Å²) in [6.07, 6.45) is 2.74. The van der Waals surface area contributed by atoms with E-state index in [2.05, 4.69) is 15.1 Å². The monoisotopic (exact) mass is 410 g/mol. The first-order valence-electron chi connectivity index (χ1n) is 9.46. The van der Waals surface area contributed by atoms with Crippen LogP contribution in [0.2, 0.25) is 0 Å². The summed E-state index contributed by atoms with van der Waals surface area (Å²) in [4.78, 5) is 13.0. The predicted octanol–water partition coefficient (Wildman–Crippen LogP) is 2.20. The Morgan fingerprint density at radius 1 is 1.10 bits per heavy atom. The van der Waals surface area contributed by atoms with Gasteiger partial charge in [0.15, 0.2) is 5.69 Å². The number of fused-ring (bicyclic) bond motifs is 1. The molecule has 1 aromatic heterocycles. The van der Waals surface area contributed by atoms with E-state index in [1.807, 2.05) is 35.0 Å². The van der Waals surface area contributed by atoms with Gasteiger partial charge in [-0.15, -0.1) is 0 Å². The second-order valence-electron chi connectivity index (χ2n) is 6.91. The van der Waals surface area contributed by atoms with Crippen LogP contribution in [0.4, 0.5) is 0 Å². The molecule has 4 rings (SSSR count). The van der Waals surface area contributed by atoms with Crippen molar-refractivity contribution in [1.29, 1.82) is 0 Å². The van der Waals surface area contributed by atoms with E-state index in [1.54, 1.807) is 18.2 Å². The molecule has 2 N–H and O–H groups in total. The summed E-state index contributed by atoms with van der Waals surface area (Å²) in [6, 6.07) is 16.3. The lowest BCUT2D eigenvalue weighted by Gasteiger charge is -2.07. The van der Waals surface area contributed by atoms with Crippen molar-refractivity contribution in [2.45, 2.75) is 30.7 Å². The summed E-state index contributed by atoms with van der Waals surface area (Å²) < 4.78 is 28.1. The van der Waals surface area contributed by atoms with Crippen LogP contribution in [0.3, 0.4) is 0 Å². The van der Waals surface area contributed by atoms with E-state index in [0.29, 0.717) is 11.3 Å². The molecule has 1 amide bonds. The summed E-state index contributed by atoms with van der Waals surface area (Å²) in [6.45, 7) is 0.221. The largest absolute Gasteiger partial charge is 0.347 e. The van der Waals surface area contributed by atoms with Crippen molar-refractivity contribution in [1.82, 2.24) is 19.8 Å². The number of rotatable bonds is 6. The fourth-order valence-corrected chi connectivity index (χ4v) is 4.41. The van der Waals surface area contributed by atoms with Crippen LogP contribution >= 0.6 is 0 Å². The van der Waals surface area contributed by atoms with Gasteiger partial charge < -0.3 is 5.32 Å². The molecule has 8 heteroatoms. The topological polar surface area (TPSA) is 93.1 Å². The predicted molar refractivity (Wildman–Crippen MR) is 109 cm³/mol. The summed E-state index contributed by atoms with van der Waals surface area (Å²) in [5.74, 6) is -0.250. The zero-order valence-corrected chi connectivity index (χ0v) is 16.9. The van der Waals surface area contributed by atoms with Crippen molar-refractivity contribution < 1.29 is 13.2 Å². The number of nitrogens with zero attached hydrogens (tertiary/aromatic N) is 2. The molecule has 1 aliphatic rings. The lowest BCUT2D eigenvalue weighted by atomic mass is 10.2. The Labute approximate surface area is 169 Å². The lowest BCUT2D eigenvalue weighted by molar-refractivity contribution is 0.0944. The molecular formula is C21H22N4O3S. The summed E-state index contributed by atoms with van der Waals surface area (Å²) in [7, 11) is -2.16. The number of amides is 1. The van der Waals surface area contributed by atoms with Gasteiger partial charge in [0.25, 0.3) is 5.91 Å². The Hall–Kier alpha value is -2.97. The Morgan fingerprint density at radius 2 is 1.90 bits per heavy atom. The maximum atomic E-state index is 12.8. The van der Waals surface area contributed by atoms with Crippen LogP contribution in [0.5, 0.6) is 0 Å². The number of benzene rings is 2. The highest BCUT2D eigenvalue weighted by Crippen LogP contribution is 2.27. The second-order valence-corrected chi connectivity index (χ2v) is 8.80. The summed E-state index contributed by atoms with van der Waals surface area (Å²) in [5, 5.41) is 7.46. The Bertz CT molecular complexity index is 1150. The van der Waals surface area contributed by atoms with E-state index in [4.69, 9.17) is 0 Å². The molecule has 0 fully saturated rings. The van der Waals surface area contributed by atoms with Crippen LogP contribution in [0.15, 0.2) is 59.5 Å². The third-order valence-corrected chi connectivity index (χ3v) is 6.49. The number of hydrogen-bond acceptors (Lipinski definition) is 4. The van der Waals surface area contributed by atoms with Gasteiger partial charge in [0.1, 0.15) is 0 Å². The van der Waals surface area contributed by atoms with E-state index in [9.17, 15) is 13.2 Å². The standard InChI is InChI=1S/C21H22N4O3S/c1-22-29(27,28)17-10-5-7-15(13-17)14-23-21(26)20-18-11-6-12-19(18)25(24-20)16-8-3-2-4-9-16/h2-5,7-10,13,22H,6,11-12,14H2,1H3,(H,23,26). The molecule has 150 valence electrons. The van der Waals surface area contributed by atoms with Gasteiger partial charge in [-0.25, -0.2) is 17.8 Å². The number of carbonyl (C=O) groups excluding carboxylic acids is 1. The Morgan fingerprint density at radius 3 is 2.66 bits per heavy atom. The highest BCUT2D eigenvalue weighted by Gasteiger charge is 2.26. The highest BCUT2D eigenvalue weighted by atomic mass is 32.2. The zero-order chi connectivity index (χ0) is 20.4. The van der Waals surface area contributed by atoms with Crippen LogP contribution < -0.4 is 10.0 Å². The number of carbonyl (C=O) groups is 1. The third kappa shape index (κ3) is 3.81. The molecule has 0 saturated carbocycles. The SMILES string of the molecule is CNS(=O)(=O)c1cccc(CNC(=O)c2nn(-c3ccccc3)c3c2CCC3)c1. The molecule has 2 aromatic carbocycles. The van der Waals surface area contributed by atoms with Gasteiger partial charge in [-0.2, -0.15) is 5.10 Å². The average Bonchev–Trinajstić information content (AvgIpc) is 3.36. The van der Waals surface area contributed by atoms with Gasteiger partial charge in [-0.1, -0.05) is 30.3 Å². The molecule has 1 heterocycles. The maximum Gasteiger partial charge on any atom is 0.272 e. The van der Waals surface area contributed by atoms with Gasteiger partial charge in [-0.05, 0) is 56.1 Å². The molecule has 0 spiro atoms. The molecule has 0 aliphatic heterocycles. The molecule has 1 aliphatic carbocycles. The van der Waals surface area contributed by atoms with Crippen molar-refractivity contribution in [3.8, 4) is 5.69 Å². The van der Waals surface area contributed by atoms with Crippen molar-refractivity contribution in [2.24, 2.45) is 0 Å². The third-order valence-electron chi connectivity index (χ3n) is 5.08. The molecule has 0 unspecified atom stereocenters. The number of aromatic nitrogens is 2. The number of para-hydroxylation sites is 1. The summed E-state index contributed by atoms with van der Waals surface area (Å²) >= 11 is 0. The molecule has 3 aromatic rings. The van der Waals surface area contributed by atoms with Crippen molar-refractivity contribution in [3.63, 3.8) is 0 Å². The van der Waals surface area contributed by atoms with Gasteiger partial charge in [0.2, 0.25) is 10.0 Å². The smallest absolute Gasteiger partial charge is 0.272 e. The molecular weight excluding hydrogens is 388 g/mol. The molecule has 0 atom stereocenters. The Kier molecular flexibility index (Phi) is 5.21. The minimum atomic E-state index is -3.53. The molecule has 0 saturated heterocycles. The van der Waals surface area contributed by atoms with E-state index < -0.39 is 10.0 Å². The first kappa shape index (κ1) is 19.4. The number of hydrogen-bond donors (Lipinski definition) is 2. The van der Waals surface area contributed by atoms with E-state index in [0.717, 1.165) is 36.2 Å². The summed E-state index contributed by atoms with van der Waals surface area (Å²) in [5.41, 5.74) is 4.17.